The second kappa shape index (κ2) is 8.02. The Morgan fingerprint density at radius 3 is 2.68 bits per heavy atom. The number of amides is 1. The molecule has 0 unspecified atom stereocenters. The highest BCUT2D eigenvalue weighted by Crippen LogP contribution is 2.19. The summed E-state index contributed by atoms with van der Waals surface area (Å²) < 4.78 is 5.06. The average Bonchev–Trinajstić information content (AvgIpc) is 2.34. The van der Waals surface area contributed by atoms with E-state index in [1.807, 2.05) is 0 Å². The molecule has 0 fully saturated rings. The number of hydrogen-bond acceptors (Lipinski definition) is 3. The van der Waals surface area contributed by atoms with Gasteiger partial charge in [0.2, 0.25) is 0 Å². The summed E-state index contributed by atoms with van der Waals surface area (Å²) in [6, 6.07) is 6.98. The summed E-state index contributed by atoms with van der Waals surface area (Å²) in [7, 11) is 1.68. The van der Waals surface area contributed by atoms with Crippen molar-refractivity contribution in [3.63, 3.8) is 0 Å². The van der Waals surface area contributed by atoms with Gasteiger partial charge in [0, 0.05) is 31.5 Å². The zero-order valence-corrected chi connectivity index (χ0v) is 12.5. The number of methoxy groups -OCH3 is 1. The number of hydrogen-bond donors (Lipinski definition) is 2. The topological polar surface area (TPSA) is 64.3 Å². The van der Waals surface area contributed by atoms with E-state index in [2.05, 4.69) is 19.2 Å². The van der Waals surface area contributed by atoms with Crippen molar-refractivity contribution < 1.29 is 9.53 Å². The third-order valence-corrected chi connectivity index (χ3v) is 2.86. The van der Waals surface area contributed by atoms with Crippen LogP contribution in [-0.4, -0.2) is 26.2 Å². The Morgan fingerprint density at radius 2 is 2.11 bits per heavy atom. The van der Waals surface area contributed by atoms with Crippen molar-refractivity contribution in [1.29, 1.82) is 0 Å². The summed E-state index contributed by atoms with van der Waals surface area (Å²) in [6.45, 7) is 5.52. The van der Waals surface area contributed by atoms with E-state index < -0.39 is 0 Å². The van der Waals surface area contributed by atoms with Gasteiger partial charge in [0.05, 0.1) is 0 Å². The first kappa shape index (κ1) is 17.7. The number of carbonyl (C=O) groups excluding carboxylic acids is 1. The van der Waals surface area contributed by atoms with Gasteiger partial charge in [0.1, 0.15) is 0 Å². The maximum atomic E-state index is 11.9. The maximum Gasteiger partial charge on any atom is 0.251 e. The molecule has 5 heteroatoms. The molecule has 1 aromatic rings. The highest BCUT2D eigenvalue weighted by Gasteiger charge is 2.18. The number of carbonyl (C=O) groups is 1. The monoisotopic (exact) mass is 286 g/mol. The highest BCUT2D eigenvalue weighted by molar-refractivity contribution is 5.94. The van der Waals surface area contributed by atoms with E-state index in [4.69, 9.17) is 10.5 Å². The number of rotatable bonds is 6. The molecule has 1 amide bonds. The molecular weight excluding hydrogens is 264 g/mol. The maximum absolute atomic E-state index is 11.9. The number of anilines is 1. The third kappa shape index (κ3) is 6.45. The SMILES string of the molecule is COCCC(C)(C)CNC(=O)c1cccc(N)c1.Cl. The summed E-state index contributed by atoms with van der Waals surface area (Å²) in [6.07, 6.45) is 0.903. The Hall–Kier alpha value is -1.26. The Labute approximate surface area is 121 Å². The van der Waals surface area contributed by atoms with Gasteiger partial charge in [-0.2, -0.15) is 0 Å². The van der Waals surface area contributed by atoms with Crippen molar-refractivity contribution in [3.8, 4) is 0 Å². The number of ether oxygens (including phenoxy) is 1. The Bertz CT molecular complexity index is 408. The lowest BCUT2D eigenvalue weighted by Gasteiger charge is -2.24. The Balaban J connectivity index is 0.00000324. The van der Waals surface area contributed by atoms with Crippen LogP contribution in [0.5, 0.6) is 0 Å². The lowest BCUT2D eigenvalue weighted by molar-refractivity contribution is 0.0921. The van der Waals surface area contributed by atoms with Crippen LogP contribution in [0.1, 0.15) is 30.6 Å². The van der Waals surface area contributed by atoms with E-state index >= 15 is 0 Å². The summed E-state index contributed by atoms with van der Waals surface area (Å²) in [4.78, 5) is 11.9. The normalized spacial score (nSPS) is 10.7. The fourth-order valence-corrected chi connectivity index (χ4v) is 1.57. The molecule has 1 aromatic carbocycles. The summed E-state index contributed by atoms with van der Waals surface area (Å²) in [5, 5.41) is 2.93. The molecule has 4 nitrogen and oxygen atoms in total. The number of halogens is 1. The van der Waals surface area contributed by atoms with Crippen molar-refractivity contribution in [2.24, 2.45) is 5.41 Å². The van der Waals surface area contributed by atoms with E-state index in [1.165, 1.54) is 0 Å². The smallest absolute Gasteiger partial charge is 0.251 e. The standard InChI is InChI=1S/C14H22N2O2.ClH/c1-14(2,7-8-18-3)10-16-13(17)11-5-4-6-12(15)9-11;/h4-6,9H,7-8,10,15H2,1-3H3,(H,16,17);1H. The second-order valence-corrected chi connectivity index (χ2v) is 5.22. The molecule has 3 N–H and O–H groups in total. The third-order valence-electron chi connectivity index (χ3n) is 2.86. The van der Waals surface area contributed by atoms with Gasteiger partial charge in [0.15, 0.2) is 0 Å². The number of nitrogens with one attached hydrogen (secondary N) is 1. The van der Waals surface area contributed by atoms with Gasteiger partial charge < -0.3 is 15.8 Å². The molecule has 0 aliphatic heterocycles. The molecule has 108 valence electrons. The van der Waals surface area contributed by atoms with E-state index in [1.54, 1.807) is 31.4 Å². The van der Waals surface area contributed by atoms with Crippen molar-refractivity contribution >= 4 is 24.0 Å². The van der Waals surface area contributed by atoms with Crippen LogP contribution in [-0.2, 0) is 4.74 Å². The first-order chi connectivity index (χ1) is 8.44. The van der Waals surface area contributed by atoms with Crippen LogP contribution < -0.4 is 11.1 Å². The van der Waals surface area contributed by atoms with Gasteiger partial charge >= 0.3 is 0 Å². The molecule has 1 rings (SSSR count). The van der Waals surface area contributed by atoms with Crippen molar-refractivity contribution in [3.05, 3.63) is 29.8 Å². The lowest BCUT2D eigenvalue weighted by Crippen LogP contribution is -2.34. The molecule has 0 aliphatic rings. The van der Waals surface area contributed by atoms with Crippen LogP contribution in [0.3, 0.4) is 0 Å². The van der Waals surface area contributed by atoms with Crippen LogP contribution >= 0.6 is 12.4 Å². The van der Waals surface area contributed by atoms with Crippen molar-refractivity contribution in [2.45, 2.75) is 20.3 Å². The zero-order chi connectivity index (χ0) is 13.6. The van der Waals surface area contributed by atoms with Gasteiger partial charge in [-0.05, 0) is 30.0 Å². The van der Waals surface area contributed by atoms with Gasteiger partial charge in [-0.1, -0.05) is 19.9 Å². The number of nitrogen functional groups attached to an aromatic ring is 1. The van der Waals surface area contributed by atoms with E-state index in [0.29, 0.717) is 24.4 Å². The zero-order valence-electron chi connectivity index (χ0n) is 11.7. The van der Waals surface area contributed by atoms with E-state index in [9.17, 15) is 4.79 Å². The summed E-state index contributed by atoms with van der Waals surface area (Å²) >= 11 is 0. The minimum absolute atomic E-state index is 0. The van der Waals surface area contributed by atoms with Gasteiger partial charge in [0.25, 0.3) is 5.91 Å². The number of nitrogens with two attached hydrogens (primary N) is 1. The molecule has 0 atom stereocenters. The fraction of sp³-hybridized carbons (Fsp3) is 0.500. The first-order valence-electron chi connectivity index (χ1n) is 6.07. The Kier molecular flexibility index (Phi) is 7.49. The molecule has 0 saturated heterocycles. The Morgan fingerprint density at radius 1 is 1.42 bits per heavy atom. The van der Waals surface area contributed by atoms with E-state index in [-0.39, 0.29) is 23.7 Å². The minimum Gasteiger partial charge on any atom is -0.399 e. The molecule has 0 aliphatic carbocycles. The molecule has 0 radical (unpaired) electrons. The molecule has 0 spiro atoms. The molecular formula is C14H23ClN2O2. The average molecular weight is 287 g/mol. The van der Waals surface area contributed by atoms with Gasteiger partial charge in [-0.3, -0.25) is 4.79 Å². The minimum atomic E-state index is -0.0900. The second-order valence-electron chi connectivity index (χ2n) is 5.22. The highest BCUT2D eigenvalue weighted by atomic mass is 35.5. The molecule has 19 heavy (non-hydrogen) atoms. The van der Waals surface area contributed by atoms with Crippen LogP contribution in [0, 0.1) is 5.41 Å². The predicted octanol–water partition coefficient (Wildman–Crippen LogP) is 2.48. The molecule has 0 aromatic heterocycles. The quantitative estimate of drug-likeness (QED) is 0.790. The fourth-order valence-electron chi connectivity index (χ4n) is 1.57. The largest absolute Gasteiger partial charge is 0.399 e. The van der Waals surface area contributed by atoms with Gasteiger partial charge in [-0.25, -0.2) is 0 Å². The predicted molar refractivity (Wildman–Crippen MR) is 80.7 cm³/mol. The molecule has 0 heterocycles. The molecule has 0 bridgehead atoms. The first-order valence-corrected chi connectivity index (χ1v) is 6.07. The van der Waals surface area contributed by atoms with Crippen LogP contribution in [0.15, 0.2) is 24.3 Å². The molecule has 0 saturated carbocycles. The van der Waals surface area contributed by atoms with Gasteiger partial charge in [-0.15, -0.1) is 12.4 Å². The lowest BCUT2D eigenvalue weighted by atomic mass is 9.89. The van der Waals surface area contributed by atoms with Crippen molar-refractivity contribution in [1.82, 2.24) is 5.32 Å². The summed E-state index contributed by atoms with van der Waals surface area (Å²) in [5.41, 5.74) is 6.86. The summed E-state index contributed by atoms with van der Waals surface area (Å²) in [5.74, 6) is -0.0900. The van der Waals surface area contributed by atoms with E-state index in [0.717, 1.165) is 6.42 Å². The van der Waals surface area contributed by atoms with Crippen LogP contribution in [0.4, 0.5) is 5.69 Å². The van der Waals surface area contributed by atoms with Crippen LogP contribution in [0.2, 0.25) is 0 Å². The van der Waals surface area contributed by atoms with Crippen molar-refractivity contribution in [2.75, 3.05) is 26.0 Å². The van der Waals surface area contributed by atoms with Crippen LogP contribution in [0.25, 0.3) is 0 Å². The number of benzene rings is 1.